The quantitative estimate of drug-likeness (QED) is 0.830. The monoisotopic (exact) mass is 289 g/mol. The molecule has 0 unspecified atom stereocenters. The lowest BCUT2D eigenvalue weighted by atomic mass is 10.1. The van der Waals surface area contributed by atoms with Crippen molar-refractivity contribution in [1.29, 1.82) is 0 Å². The highest BCUT2D eigenvalue weighted by molar-refractivity contribution is 7.80. The molecule has 0 bridgehead atoms. The Morgan fingerprint density at radius 3 is 2.75 bits per heavy atom. The van der Waals surface area contributed by atoms with Gasteiger partial charge in [-0.15, -0.1) is 12.6 Å². The Bertz CT molecular complexity index is 628. The van der Waals surface area contributed by atoms with Crippen LogP contribution < -0.4 is 5.32 Å². The SMILES string of the molecule is Cc1cc(F)ccc1CCNC(=O)c1cccc(S)c1. The van der Waals surface area contributed by atoms with Gasteiger partial charge < -0.3 is 5.32 Å². The Kier molecular flexibility index (Phi) is 4.79. The van der Waals surface area contributed by atoms with Crippen molar-refractivity contribution in [2.45, 2.75) is 18.2 Å². The molecule has 2 rings (SSSR count). The summed E-state index contributed by atoms with van der Waals surface area (Å²) in [6.45, 7) is 2.38. The maximum Gasteiger partial charge on any atom is 0.251 e. The maximum atomic E-state index is 13.0. The van der Waals surface area contributed by atoms with Crippen LogP contribution in [0.4, 0.5) is 4.39 Å². The van der Waals surface area contributed by atoms with Crippen LogP contribution in [0.15, 0.2) is 47.4 Å². The first-order valence-corrected chi connectivity index (χ1v) is 6.83. The fourth-order valence-corrected chi connectivity index (χ4v) is 2.22. The lowest BCUT2D eigenvalue weighted by Crippen LogP contribution is -2.25. The van der Waals surface area contributed by atoms with Gasteiger partial charge in [-0.25, -0.2) is 4.39 Å². The molecule has 0 fully saturated rings. The van der Waals surface area contributed by atoms with E-state index >= 15 is 0 Å². The highest BCUT2D eigenvalue weighted by Gasteiger charge is 2.06. The summed E-state index contributed by atoms with van der Waals surface area (Å²) in [5.74, 6) is -0.360. The van der Waals surface area contributed by atoms with E-state index in [1.165, 1.54) is 12.1 Å². The third-order valence-corrected chi connectivity index (χ3v) is 3.37. The van der Waals surface area contributed by atoms with Crippen molar-refractivity contribution in [2.75, 3.05) is 6.54 Å². The average Bonchev–Trinajstić information content (AvgIpc) is 2.41. The molecule has 1 amide bonds. The zero-order chi connectivity index (χ0) is 14.5. The Labute approximate surface area is 123 Å². The normalized spacial score (nSPS) is 10.3. The van der Waals surface area contributed by atoms with Crippen molar-refractivity contribution in [3.8, 4) is 0 Å². The largest absolute Gasteiger partial charge is 0.352 e. The lowest BCUT2D eigenvalue weighted by Gasteiger charge is -2.08. The van der Waals surface area contributed by atoms with Crippen molar-refractivity contribution >= 4 is 18.5 Å². The first-order chi connectivity index (χ1) is 9.56. The number of halogens is 1. The van der Waals surface area contributed by atoms with Gasteiger partial charge in [0, 0.05) is 17.0 Å². The van der Waals surface area contributed by atoms with E-state index in [4.69, 9.17) is 0 Å². The van der Waals surface area contributed by atoms with Crippen LogP contribution in [0, 0.1) is 12.7 Å². The van der Waals surface area contributed by atoms with Crippen molar-refractivity contribution in [2.24, 2.45) is 0 Å². The van der Waals surface area contributed by atoms with Crippen LogP contribution in [-0.2, 0) is 6.42 Å². The number of nitrogens with one attached hydrogen (secondary N) is 1. The number of hydrogen-bond acceptors (Lipinski definition) is 2. The van der Waals surface area contributed by atoms with Crippen LogP contribution in [0.2, 0.25) is 0 Å². The molecule has 2 nitrogen and oxygen atoms in total. The van der Waals surface area contributed by atoms with Crippen LogP contribution in [0.25, 0.3) is 0 Å². The molecule has 0 aliphatic heterocycles. The molecule has 2 aromatic rings. The fraction of sp³-hybridized carbons (Fsp3) is 0.188. The molecule has 0 atom stereocenters. The Morgan fingerprint density at radius 2 is 2.05 bits per heavy atom. The van der Waals surface area contributed by atoms with Crippen LogP contribution in [0.1, 0.15) is 21.5 Å². The zero-order valence-corrected chi connectivity index (χ0v) is 12.1. The van der Waals surface area contributed by atoms with E-state index in [2.05, 4.69) is 17.9 Å². The van der Waals surface area contributed by atoms with Gasteiger partial charge in [0.25, 0.3) is 5.91 Å². The number of hydrogen-bond donors (Lipinski definition) is 2. The van der Waals surface area contributed by atoms with Gasteiger partial charge in [0.05, 0.1) is 0 Å². The molecular formula is C16H16FNOS. The second kappa shape index (κ2) is 6.57. The smallest absolute Gasteiger partial charge is 0.251 e. The molecular weight excluding hydrogens is 273 g/mol. The van der Waals surface area contributed by atoms with E-state index in [1.807, 2.05) is 13.0 Å². The summed E-state index contributed by atoms with van der Waals surface area (Å²) in [7, 11) is 0. The Balaban J connectivity index is 1.91. The van der Waals surface area contributed by atoms with Crippen molar-refractivity contribution < 1.29 is 9.18 Å². The van der Waals surface area contributed by atoms with Crippen molar-refractivity contribution in [3.05, 3.63) is 65.0 Å². The van der Waals surface area contributed by atoms with Gasteiger partial charge in [-0.1, -0.05) is 12.1 Å². The molecule has 0 aliphatic rings. The molecule has 0 aliphatic carbocycles. The Hall–Kier alpha value is -1.81. The Morgan fingerprint density at radius 1 is 1.25 bits per heavy atom. The summed E-state index contributed by atoms with van der Waals surface area (Å²) in [5.41, 5.74) is 2.53. The van der Waals surface area contributed by atoms with Gasteiger partial charge in [0.15, 0.2) is 0 Å². The third kappa shape index (κ3) is 3.84. The number of amides is 1. The summed E-state index contributed by atoms with van der Waals surface area (Å²) in [6.07, 6.45) is 0.679. The highest BCUT2D eigenvalue weighted by atomic mass is 32.1. The number of carbonyl (C=O) groups is 1. The third-order valence-electron chi connectivity index (χ3n) is 3.09. The van der Waals surface area contributed by atoms with Gasteiger partial charge in [-0.2, -0.15) is 0 Å². The molecule has 20 heavy (non-hydrogen) atoms. The summed E-state index contributed by atoms with van der Waals surface area (Å²) >= 11 is 4.20. The van der Waals surface area contributed by atoms with Crippen LogP contribution in [0.3, 0.4) is 0 Å². The molecule has 1 N–H and O–H groups in total. The number of aryl methyl sites for hydroxylation is 1. The molecule has 0 heterocycles. The highest BCUT2D eigenvalue weighted by Crippen LogP contribution is 2.11. The molecule has 104 valence electrons. The average molecular weight is 289 g/mol. The summed E-state index contributed by atoms with van der Waals surface area (Å²) < 4.78 is 13.0. The minimum absolute atomic E-state index is 0.124. The van der Waals surface area contributed by atoms with E-state index in [0.717, 1.165) is 16.0 Å². The van der Waals surface area contributed by atoms with E-state index in [-0.39, 0.29) is 11.7 Å². The van der Waals surface area contributed by atoms with E-state index in [9.17, 15) is 9.18 Å². The second-order valence-electron chi connectivity index (χ2n) is 4.63. The van der Waals surface area contributed by atoms with Crippen LogP contribution in [0.5, 0.6) is 0 Å². The summed E-state index contributed by atoms with van der Waals surface area (Å²) in [5, 5.41) is 2.85. The zero-order valence-electron chi connectivity index (χ0n) is 11.2. The molecule has 0 saturated carbocycles. The van der Waals surface area contributed by atoms with Crippen LogP contribution in [-0.4, -0.2) is 12.5 Å². The number of carbonyl (C=O) groups excluding carboxylic acids is 1. The molecule has 0 spiro atoms. The summed E-state index contributed by atoms with van der Waals surface area (Å²) in [6, 6.07) is 11.8. The summed E-state index contributed by atoms with van der Waals surface area (Å²) in [4.78, 5) is 12.7. The first-order valence-electron chi connectivity index (χ1n) is 6.38. The molecule has 4 heteroatoms. The fourth-order valence-electron chi connectivity index (χ4n) is 2.00. The molecule has 0 saturated heterocycles. The van der Waals surface area contributed by atoms with Gasteiger partial charge in [-0.3, -0.25) is 4.79 Å². The lowest BCUT2D eigenvalue weighted by molar-refractivity contribution is 0.0954. The molecule has 0 aromatic heterocycles. The van der Waals surface area contributed by atoms with E-state index in [1.54, 1.807) is 24.3 Å². The van der Waals surface area contributed by atoms with E-state index in [0.29, 0.717) is 18.5 Å². The minimum atomic E-state index is -0.235. The van der Waals surface area contributed by atoms with Crippen molar-refractivity contribution in [1.82, 2.24) is 5.32 Å². The van der Waals surface area contributed by atoms with Gasteiger partial charge in [0.2, 0.25) is 0 Å². The van der Waals surface area contributed by atoms with Gasteiger partial charge in [0.1, 0.15) is 5.82 Å². The minimum Gasteiger partial charge on any atom is -0.352 e. The number of benzene rings is 2. The van der Waals surface area contributed by atoms with Gasteiger partial charge in [-0.05, 0) is 54.8 Å². The van der Waals surface area contributed by atoms with Crippen LogP contribution >= 0.6 is 12.6 Å². The van der Waals surface area contributed by atoms with Gasteiger partial charge >= 0.3 is 0 Å². The standard InChI is InChI=1S/C16H16FNOS/c1-11-9-14(17)6-5-12(11)7-8-18-16(19)13-3-2-4-15(20)10-13/h2-6,9-10,20H,7-8H2,1H3,(H,18,19). The molecule has 0 radical (unpaired) electrons. The number of rotatable bonds is 4. The predicted octanol–water partition coefficient (Wildman–Crippen LogP) is 3.40. The first kappa shape index (κ1) is 14.6. The van der Waals surface area contributed by atoms with Crippen molar-refractivity contribution in [3.63, 3.8) is 0 Å². The maximum absolute atomic E-state index is 13.0. The van der Waals surface area contributed by atoms with E-state index < -0.39 is 0 Å². The number of thiol groups is 1. The molecule has 2 aromatic carbocycles. The topological polar surface area (TPSA) is 29.1 Å². The predicted molar refractivity (Wildman–Crippen MR) is 80.9 cm³/mol. The second-order valence-corrected chi connectivity index (χ2v) is 5.14.